The van der Waals surface area contributed by atoms with Gasteiger partial charge in [-0.15, -0.1) is 0 Å². The van der Waals surface area contributed by atoms with E-state index in [1.807, 2.05) is 6.92 Å². The van der Waals surface area contributed by atoms with Crippen LogP contribution in [0.4, 0.5) is 5.82 Å². The lowest BCUT2D eigenvalue weighted by atomic mass is 10.0. The summed E-state index contributed by atoms with van der Waals surface area (Å²) in [6.07, 6.45) is 4.75. The van der Waals surface area contributed by atoms with Gasteiger partial charge in [0.2, 0.25) is 0 Å². The standard InChI is InChI=1S/C15H27N5/c1-12-17-13(7-8-16)10-15(18-12)20(3)11-14-6-4-5-9-19(14)2/h10,14H,4-9,11,16H2,1-3H3/t14-/m1/s1. The van der Waals surface area contributed by atoms with Crippen LogP contribution in [0.1, 0.15) is 30.8 Å². The molecule has 1 atom stereocenters. The van der Waals surface area contributed by atoms with Crippen LogP contribution in [0.3, 0.4) is 0 Å². The van der Waals surface area contributed by atoms with Gasteiger partial charge in [0.1, 0.15) is 11.6 Å². The van der Waals surface area contributed by atoms with Gasteiger partial charge in [0.05, 0.1) is 0 Å². The summed E-state index contributed by atoms with van der Waals surface area (Å²) in [6.45, 7) is 4.81. The Morgan fingerprint density at radius 3 is 2.90 bits per heavy atom. The molecule has 1 aliphatic rings. The van der Waals surface area contributed by atoms with E-state index in [2.05, 4.69) is 39.9 Å². The first-order chi connectivity index (χ1) is 9.60. The van der Waals surface area contributed by atoms with Crippen LogP contribution in [0.15, 0.2) is 6.07 Å². The second-order valence-corrected chi connectivity index (χ2v) is 5.81. The molecule has 1 fully saturated rings. The molecule has 0 aliphatic carbocycles. The number of hydrogen-bond acceptors (Lipinski definition) is 5. The normalized spacial score (nSPS) is 20.1. The summed E-state index contributed by atoms with van der Waals surface area (Å²) in [6, 6.07) is 2.70. The first kappa shape index (κ1) is 15.2. The minimum atomic E-state index is 0.627. The first-order valence-corrected chi connectivity index (χ1v) is 7.56. The third kappa shape index (κ3) is 3.90. The Morgan fingerprint density at radius 1 is 1.40 bits per heavy atom. The Hall–Kier alpha value is -1.20. The van der Waals surface area contributed by atoms with Crippen molar-refractivity contribution in [1.29, 1.82) is 0 Å². The molecular weight excluding hydrogens is 250 g/mol. The lowest BCUT2D eigenvalue weighted by Crippen LogP contribution is -2.44. The number of likely N-dealkylation sites (N-methyl/N-ethyl adjacent to an activating group) is 2. The maximum atomic E-state index is 5.62. The summed E-state index contributed by atoms with van der Waals surface area (Å²) >= 11 is 0. The highest BCUT2D eigenvalue weighted by molar-refractivity contribution is 5.39. The Labute approximate surface area is 122 Å². The molecule has 1 aromatic rings. The first-order valence-electron chi connectivity index (χ1n) is 7.56. The average Bonchev–Trinajstić information content (AvgIpc) is 2.41. The number of nitrogens with two attached hydrogens (primary N) is 1. The van der Waals surface area contributed by atoms with Crippen LogP contribution in [-0.2, 0) is 6.42 Å². The van der Waals surface area contributed by atoms with Gasteiger partial charge >= 0.3 is 0 Å². The molecule has 112 valence electrons. The summed E-state index contributed by atoms with van der Waals surface area (Å²) in [5.74, 6) is 1.84. The maximum Gasteiger partial charge on any atom is 0.132 e. The van der Waals surface area contributed by atoms with Crippen LogP contribution >= 0.6 is 0 Å². The van der Waals surface area contributed by atoms with E-state index in [9.17, 15) is 0 Å². The van der Waals surface area contributed by atoms with Crippen LogP contribution in [-0.4, -0.2) is 54.6 Å². The van der Waals surface area contributed by atoms with Gasteiger partial charge in [0.15, 0.2) is 0 Å². The molecule has 0 radical (unpaired) electrons. The van der Waals surface area contributed by atoms with Crippen molar-refractivity contribution in [2.24, 2.45) is 5.73 Å². The highest BCUT2D eigenvalue weighted by Gasteiger charge is 2.21. The molecule has 1 aromatic heterocycles. The van der Waals surface area contributed by atoms with Gasteiger partial charge in [-0.3, -0.25) is 0 Å². The Bertz CT molecular complexity index is 434. The average molecular weight is 277 g/mol. The number of aromatic nitrogens is 2. The molecule has 1 saturated heterocycles. The van der Waals surface area contributed by atoms with Crippen LogP contribution in [0.5, 0.6) is 0 Å². The van der Waals surface area contributed by atoms with E-state index in [0.717, 1.165) is 30.3 Å². The van der Waals surface area contributed by atoms with E-state index in [1.54, 1.807) is 0 Å². The molecule has 0 amide bonds. The van der Waals surface area contributed by atoms with Gasteiger partial charge in [0, 0.05) is 37.8 Å². The van der Waals surface area contributed by atoms with E-state index in [1.165, 1.54) is 25.8 Å². The largest absolute Gasteiger partial charge is 0.358 e. The quantitative estimate of drug-likeness (QED) is 0.876. The minimum absolute atomic E-state index is 0.627. The number of likely N-dealkylation sites (tertiary alicyclic amines) is 1. The maximum absolute atomic E-state index is 5.62. The number of aryl methyl sites for hydroxylation is 1. The lowest BCUT2D eigenvalue weighted by molar-refractivity contribution is 0.189. The van der Waals surface area contributed by atoms with Crippen LogP contribution in [0.2, 0.25) is 0 Å². The lowest BCUT2D eigenvalue weighted by Gasteiger charge is -2.35. The number of hydrogen-bond donors (Lipinski definition) is 1. The van der Waals surface area contributed by atoms with Gasteiger partial charge in [-0.1, -0.05) is 6.42 Å². The topological polar surface area (TPSA) is 58.3 Å². The van der Waals surface area contributed by atoms with Crippen molar-refractivity contribution in [1.82, 2.24) is 14.9 Å². The highest BCUT2D eigenvalue weighted by Crippen LogP contribution is 2.18. The second kappa shape index (κ2) is 6.99. The van der Waals surface area contributed by atoms with Crippen LogP contribution in [0, 0.1) is 6.92 Å². The van der Waals surface area contributed by atoms with Crippen molar-refractivity contribution in [3.8, 4) is 0 Å². The highest BCUT2D eigenvalue weighted by atomic mass is 15.2. The van der Waals surface area contributed by atoms with E-state index < -0.39 is 0 Å². The SMILES string of the molecule is Cc1nc(CCN)cc(N(C)C[C@H]2CCCCN2C)n1. The van der Waals surface area contributed by atoms with Crippen molar-refractivity contribution in [3.05, 3.63) is 17.6 Å². The molecule has 0 aromatic carbocycles. The molecule has 2 N–H and O–H groups in total. The molecule has 5 heteroatoms. The minimum Gasteiger partial charge on any atom is -0.358 e. The zero-order valence-electron chi connectivity index (χ0n) is 13.0. The van der Waals surface area contributed by atoms with E-state index >= 15 is 0 Å². The molecule has 1 aliphatic heterocycles. The molecule has 20 heavy (non-hydrogen) atoms. The zero-order valence-corrected chi connectivity index (χ0v) is 13.0. The summed E-state index contributed by atoms with van der Waals surface area (Å²) in [7, 11) is 4.35. The van der Waals surface area contributed by atoms with E-state index in [-0.39, 0.29) is 0 Å². The molecule has 0 bridgehead atoms. The van der Waals surface area contributed by atoms with Crippen molar-refractivity contribution in [2.75, 3.05) is 38.6 Å². The fraction of sp³-hybridized carbons (Fsp3) is 0.733. The molecule has 5 nitrogen and oxygen atoms in total. The van der Waals surface area contributed by atoms with Crippen molar-refractivity contribution in [3.63, 3.8) is 0 Å². The smallest absolute Gasteiger partial charge is 0.132 e. The van der Waals surface area contributed by atoms with E-state index in [0.29, 0.717) is 12.6 Å². The predicted octanol–water partition coefficient (Wildman–Crippen LogP) is 1.21. The monoisotopic (exact) mass is 277 g/mol. The Kier molecular flexibility index (Phi) is 5.31. The van der Waals surface area contributed by atoms with E-state index in [4.69, 9.17) is 5.73 Å². The second-order valence-electron chi connectivity index (χ2n) is 5.81. The number of piperidine rings is 1. The van der Waals surface area contributed by atoms with Crippen molar-refractivity contribution < 1.29 is 0 Å². The summed E-state index contributed by atoms with van der Waals surface area (Å²) in [5.41, 5.74) is 6.66. The van der Waals surface area contributed by atoms with Gasteiger partial charge in [-0.05, 0) is 39.9 Å². The summed E-state index contributed by atoms with van der Waals surface area (Å²) in [4.78, 5) is 13.7. The van der Waals surface area contributed by atoms with Gasteiger partial charge < -0.3 is 15.5 Å². The zero-order chi connectivity index (χ0) is 14.5. The molecule has 0 saturated carbocycles. The van der Waals surface area contributed by atoms with Gasteiger partial charge in [-0.2, -0.15) is 0 Å². The predicted molar refractivity (Wildman–Crippen MR) is 83.1 cm³/mol. The number of anilines is 1. The molecule has 2 heterocycles. The van der Waals surface area contributed by atoms with Gasteiger partial charge in [-0.25, -0.2) is 9.97 Å². The molecular formula is C15H27N5. The Balaban J connectivity index is 2.05. The van der Waals surface area contributed by atoms with Crippen molar-refractivity contribution in [2.45, 2.75) is 38.6 Å². The molecule has 0 spiro atoms. The summed E-state index contributed by atoms with van der Waals surface area (Å²) < 4.78 is 0. The third-order valence-electron chi connectivity index (χ3n) is 4.08. The summed E-state index contributed by atoms with van der Waals surface area (Å²) in [5, 5.41) is 0. The number of nitrogens with zero attached hydrogens (tertiary/aromatic N) is 4. The molecule has 0 unspecified atom stereocenters. The van der Waals surface area contributed by atoms with Gasteiger partial charge in [0.25, 0.3) is 0 Å². The van der Waals surface area contributed by atoms with Crippen LogP contribution < -0.4 is 10.6 Å². The molecule has 2 rings (SSSR count). The Morgan fingerprint density at radius 2 is 2.20 bits per heavy atom. The fourth-order valence-electron chi connectivity index (χ4n) is 2.87. The van der Waals surface area contributed by atoms with Crippen LogP contribution in [0.25, 0.3) is 0 Å². The number of rotatable bonds is 5. The van der Waals surface area contributed by atoms with Crippen molar-refractivity contribution >= 4 is 5.82 Å². The third-order valence-corrected chi connectivity index (χ3v) is 4.08. The fourth-order valence-corrected chi connectivity index (χ4v) is 2.87.